The van der Waals surface area contributed by atoms with Gasteiger partial charge in [-0.3, -0.25) is 4.79 Å². The van der Waals surface area contributed by atoms with Crippen LogP contribution in [0.25, 0.3) is 0 Å². The fourth-order valence-corrected chi connectivity index (χ4v) is 3.07. The molecule has 3 rings (SSSR count). The molecule has 2 aromatic carbocycles. The highest BCUT2D eigenvalue weighted by molar-refractivity contribution is 6.06. The van der Waals surface area contributed by atoms with E-state index in [4.69, 9.17) is 0 Å². The standard InChI is InChI=1S/C20H22O/c1-15(2)14-16-8-10-17(11-9-16)19(21)20(12-13-20)18-6-4-3-5-7-18/h3-11,15H,12-14H2,1-2H3. The van der Waals surface area contributed by atoms with Crippen molar-refractivity contribution in [3.63, 3.8) is 0 Å². The first-order chi connectivity index (χ1) is 10.1. The summed E-state index contributed by atoms with van der Waals surface area (Å²) in [7, 11) is 0. The Hall–Kier alpha value is -1.89. The molecule has 0 N–H and O–H groups in total. The third kappa shape index (κ3) is 2.78. The van der Waals surface area contributed by atoms with Gasteiger partial charge in [0.05, 0.1) is 5.41 Å². The van der Waals surface area contributed by atoms with Gasteiger partial charge in [-0.25, -0.2) is 0 Å². The second-order valence-electron chi connectivity index (χ2n) is 6.57. The number of ketones is 1. The Morgan fingerprint density at radius 3 is 2.14 bits per heavy atom. The lowest BCUT2D eigenvalue weighted by molar-refractivity contribution is 0.0946. The van der Waals surface area contributed by atoms with Crippen molar-refractivity contribution < 1.29 is 4.79 Å². The Morgan fingerprint density at radius 1 is 1.00 bits per heavy atom. The minimum absolute atomic E-state index is 0.249. The molecule has 0 amide bonds. The lowest BCUT2D eigenvalue weighted by Crippen LogP contribution is -2.20. The van der Waals surface area contributed by atoms with Crippen LogP contribution in [0.2, 0.25) is 0 Å². The van der Waals surface area contributed by atoms with Gasteiger partial charge in [-0.1, -0.05) is 68.4 Å². The fraction of sp³-hybridized carbons (Fsp3) is 0.350. The van der Waals surface area contributed by atoms with Crippen molar-refractivity contribution in [2.45, 2.75) is 38.5 Å². The van der Waals surface area contributed by atoms with Crippen molar-refractivity contribution in [2.24, 2.45) is 5.92 Å². The summed E-state index contributed by atoms with van der Waals surface area (Å²) in [5.41, 5.74) is 3.08. The maximum absolute atomic E-state index is 12.9. The molecule has 1 heteroatoms. The van der Waals surface area contributed by atoms with Crippen LogP contribution in [0, 0.1) is 5.92 Å². The quantitative estimate of drug-likeness (QED) is 0.718. The van der Waals surface area contributed by atoms with Crippen molar-refractivity contribution in [1.29, 1.82) is 0 Å². The Kier molecular flexibility index (Phi) is 3.67. The topological polar surface area (TPSA) is 17.1 Å². The van der Waals surface area contributed by atoms with Gasteiger partial charge >= 0.3 is 0 Å². The van der Waals surface area contributed by atoms with E-state index >= 15 is 0 Å². The molecule has 1 aliphatic rings. The molecular weight excluding hydrogens is 256 g/mol. The molecule has 0 heterocycles. The first kappa shape index (κ1) is 14.1. The zero-order chi connectivity index (χ0) is 14.9. The molecule has 2 aromatic rings. The first-order valence-corrected chi connectivity index (χ1v) is 7.81. The number of Topliss-reactive ketones (excluding diaryl/α,β-unsaturated/α-hetero) is 1. The molecule has 21 heavy (non-hydrogen) atoms. The molecule has 1 nitrogen and oxygen atoms in total. The number of benzene rings is 2. The van der Waals surface area contributed by atoms with Crippen molar-refractivity contribution in [3.8, 4) is 0 Å². The second-order valence-corrected chi connectivity index (χ2v) is 6.57. The van der Waals surface area contributed by atoms with Gasteiger partial charge in [0.2, 0.25) is 0 Å². The van der Waals surface area contributed by atoms with E-state index in [1.54, 1.807) is 0 Å². The maximum atomic E-state index is 12.9. The minimum atomic E-state index is -0.249. The smallest absolute Gasteiger partial charge is 0.173 e. The normalized spacial score (nSPS) is 16.0. The molecule has 0 bridgehead atoms. The lowest BCUT2D eigenvalue weighted by atomic mass is 9.87. The van der Waals surface area contributed by atoms with E-state index in [2.05, 4.69) is 38.1 Å². The molecule has 0 aliphatic heterocycles. The number of hydrogen-bond acceptors (Lipinski definition) is 1. The largest absolute Gasteiger partial charge is 0.293 e. The Balaban J connectivity index is 1.83. The molecule has 108 valence electrons. The van der Waals surface area contributed by atoms with Crippen LogP contribution < -0.4 is 0 Å². The average Bonchev–Trinajstić information content (AvgIpc) is 3.29. The van der Waals surface area contributed by atoms with E-state index in [9.17, 15) is 4.79 Å². The minimum Gasteiger partial charge on any atom is -0.293 e. The van der Waals surface area contributed by atoms with E-state index in [1.807, 2.05) is 30.3 Å². The zero-order valence-electron chi connectivity index (χ0n) is 12.8. The monoisotopic (exact) mass is 278 g/mol. The van der Waals surface area contributed by atoms with Crippen LogP contribution in [0.1, 0.15) is 48.2 Å². The summed E-state index contributed by atoms with van der Waals surface area (Å²) < 4.78 is 0. The van der Waals surface area contributed by atoms with Crippen LogP contribution in [0.15, 0.2) is 54.6 Å². The number of hydrogen-bond donors (Lipinski definition) is 0. The number of carbonyl (C=O) groups is 1. The number of rotatable bonds is 5. The highest BCUT2D eigenvalue weighted by Crippen LogP contribution is 2.50. The molecule has 0 spiro atoms. The maximum Gasteiger partial charge on any atom is 0.173 e. The van der Waals surface area contributed by atoms with Crippen LogP contribution in [-0.4, -0.2) is 5.78 Å². The average molecular weight is 278 g/mol. The summed E-state index contributed by atoms with van der Waals surface area (Å²) in [6.45, 7) is 4.43. The summed E-state index contributed by atoms with van der Waals surface area (Å²) in [5.74, 6) is 0.926. The van der Waals surface area contributed by atoms with Crippen LogP contribution in [-0.2, 0) is 11.8 Å². The molecule has 1 saturated carbocycles. The van der Waals surface area contributed by atoms with Gasteiger partial charge in [0.25, 0.3) is 0 Å². The van der Waals surface area contributed by atoms with Crippen LogP contribution in [0.4, 0.5) is 0 Å². The van der Waals surface area contributed by atoms with Crippen molar-refractivity contribution in [3.05, 3.63) is 71.3 Å². The predicted molar refractivity (Wildman–Crippen MR) is 86.7 cm³/mol. The van der Waals surface area contributed by atoms with Crippen LogP contribution in [0.5, 0.6) is 0 Å². The van der Waals surface area contributed by atoms with E-state index in [-0.39, 0.29) is 11.2 Å². The van der Waals surface area contributed by atoms with Crippen LogP contribution >= 0.6 is 0 Å². The van der Waals surface area contributed by atoms with Gasteiger partial charge in [-0.15, -0.1) is 0 Å². The van der Waals surface area contributed by atoms with Gasteiger partial charge in [-0.2, -0.15) is 0 Å². The predicted octanol–water partition coefficient (Wildman–Crippen LogP) is 4.80. The molecule has 0 radical (unpaired) electrons. The van der Waals surface area contributed by atoms with Crippen LogP contribution in [0.3, 0.4) is 0 Å². The molecular formula is C20H22O. The van der Waals surface area contributed by atoms with Crippen molar-refractivity contribution >= 4 is 5.78 Å². The summed E-state index contributed by atoms with van der Waals surface area (Å²) in [4.78, 5) is 12.9. The van der Waals surface area contributed by atoms with E-state index in [0.29, 0.717) is 5.92 Å². The molecule has 1 aliphatic carbocycles. The van der Waals surface area contributed by atoms with E-state index in [1.165, 1.54) is 11.1 Å². The summed E-state index contributed by atoms with van der Waals surface area (Å²) in [6.07, 6.45) is 3.02. The third-order valence-electron chi connectivity index (χ3n) is 4.37. The molecule has 0 aromatic heterocycles. The van der Waals surface area contributed by atoms with Gasteiger partial charge in [-0.05, 0) is 36.3 Å². The van der Waals surface area contributed by atoms with Crippen molar-refractivity contribution in [1.82, 2.24) is 0 Å². The highest BCUT2D eigenvalue weighted by Gasteiger charge is 2.50. The second kappa shape index (κ2) is 5.48. The SMILES string of the molecule is CC(C)Cc1ccc(C(=O)C2(c3ccccc3)CC2)cc1. The fourth-order valence-electron chi connectivity index (χ4n) is 3.07. The molecule has 1 fully saturated rings. The highest BCUT2D eigenvalue weighted by atomic mass is 16.1. The Labute approximate surface area is 127 Å². The van der Waals surface area contributed by atoms with Gasteiger partial charge < -0.3 is 0 Å². The number of carbonyl (C=O) groups excluding carboxylic acids is 1. The summed E-state index contributed by atoms with van der Waals surface area (Å²) >= 11 is 0. The Morgan fingerprint density at radius 2 is 1.62 bits per heavy atom. The molecule has 0 saturated heterocycles. The zero-order valence-corrected chi connectivity index (χ0v) is 12.8. The van der Waals surface area contributed by atoms with Gasteiger partial charge in [0.1, 0.15) is 0 Å². The van der Waals surface area contributed by atoms with E-state index in [0.717, 1.165) is 24.8 Å². The first-order valence-electron chi connectivity index (χ1n) is 7.81. The Bertz CT molecular complexity index is 619. The van der Waals surface area contributed by atoms with E-state index < -0.39 is 0 Å². The summed E-state index contributed by atoms with van der Waals surface area (Å²) in [5, 5.41) is 0. The van der Waals surface area contributed by atoms with Crippen molar-refractivity contribution in [2.75, 3.05) is 0 Å². The molecule has 0 unspecified atom stereocenters. The van der Waals surface area contributed by atoms with Gasteiger partial charge in [0, 0.05) is 5.56 Å². The summed E-state index contributed by atoms with van der Waals surface area (Å²) in [6, 6.07) is 18.4. The lowest BCUT2D eigenvalue weighted by Gasteiger charge is -2.15. The molecule has 0 atom stereocenters. The third-order valence-corrected chi connectivity index (χ3v) is 4.37. The van der Waals surface area contributed by atoms with Gasteiger partial charge in [0.15, 0.2) is 5.78 Å².